The highest BCUT2D eigenvalue weighted by Crippen LogP contribution is 2.20. The molecule has 0 fully saturated rings. The molecule has 0 aliphatic heterocycles. The molecule has 2 heterocycles. The number of fused-ring (bicyclic) bond motifs is 1. The summed E-state index contributed by atoms with van der Waals surface area (Å²) in [6, 6.07) is 0. The average Bonchev–Trinajstić information content (AvgIpc) is 2.90. The first-order valence-corrected chi connectivity index (χ1v) is 6.54. The van der Waals surface area contributed by atoms with Gasteiger partial charge in [-0.3, -0.25) is 5.10 Å². The monoisotopic (exact) mass is 264 g/mol. The van der Waals surface area contributed by atoms with Crippen molar-refractivity contribution in [2.24, 2.45) is 5.92 Å². The molecule has 0 spiro atoms. The molecule has 0 radical (unpaired) electrons. The van der Waals surface area contributed by atoms with E-state index in [1.165, 1.54) is 0 Å². The molecule has 7 nitrogen and oxygen atoms in total. The Morgan fingerprint density at radius 3 is 2.95 bits per heavy atom. The second-order valence-electron chi connectivity index (χ2n) is 4.62. The van der Waals surface area contributed by atoms with Crippen molar-refractivity contribution >= 4 is 22.8 Å². The number of aliphatic hydroxyl groups excluding tert-OH is 1. The van der Waals surface area contributed by atoms with Gasteiger partial charge in [0.05, 0.1) is 11.6 Å². The summed E-state index contributed by atoms with van der Waals surface area (Å²) in [5, 5.41) is 23.1. The molecule has 0 amide bonds. The number of aliphatic hydroxyl groups is 1. The first-order chi connectivity index (χ1) is 9.24. The highest BCUT2D eigenvalue weighted by atomic mass is 16.3. The molecule has 2 rings (SSSR count). The number of nitrogens with zero attached hydrogens (tertiary/aromatic N) is 3. The van der Waals surface area contributed by atoms with Gasteiger partial charge < -0.3 is 15.7 Å². The Bertz CT molecular complexity index is 526. The molecule has 0 aliphatic carbocycles. The number of H-pyrrole nitrogens is 1. The minimum atomic E-state index is 0.146. The minimum absolute atomic E-state index is 0.146. The van der Waals surface area contributed by atoms with E-state index >= 15 is 0 Å². The van der Waals surface area contributed by atoms with Gasteiger partial charge in [0, 0.05) is 19.7 Å². The molecule has 1 atom stereocenters. The van der Waals surface area contributed by atoms with Gasteiger partial charge in [-0.2, -0.15) is 15.1 Å². The summed E-state index contributed by atoms with van der Waals surface area (Å²) < 4.78 is 0. The van der Waals surface area contributed by atoms with Crippen molar-refractivity contribution in [3.63, 3.8) is 0 Å². The quantitative estimate of drug-likeness (QED) is 0.600. The fourth-order valence-electron chi connectivity index (χ4n) is 1.62. The van der Waals surface area contributed by atoms with E-state index in [4.69, 9.17) is 5.11 Å². The number of rotatable bonds is 7. The molecule has 7 heteroatoms. The summed E-state index contributed by atoms with van der Waals surface area (Å²) in [7, 11) is 0. The van der Waals surface area contributed by atoms with Gasteiger partial charge in [0.25, 0.3) is 0 Å². The van der Waals surface area contributed by atoms with E-state index in [-0.39, 0.29) is 12.5 Å². The van der Waals surface area contributed by atoms with Gasteiger partial charge in [-0.05, 0) is 12.3 Å². The third-order valence-electron chi connectivity index (χ3n) is 2.77. The lowest BCUT2D eigenvalue weighted by molar-refractivity contribution is 0.244. The van der Waals surface area contributed by atoms with Gasteiger partial charge >= 0.3 is 0 Å². The van der Waals surface area contributed by atoms with Crippen molar-refractivity contribution in [2.75, 3.05) is 30.3 Å². The average molecular weight is 264 g/mol. The number of aromatic amines is 1. The number of aromatic nitrogens is 4. The van der Waals surface area contributed by atoms with Gasteiger partial charge in [-0.1, -0.05) is 13.8 Å². The van der Waals surface area contributed by atoms with E-state index in [2.05, 4.69) is 37.7 Å². The lowest BCUT2D eigenvalue weighted by Crippen LogP contribution is -2.16. The maximum Gasteiger partial charge on any atom is 0.226 e. The van der Waals surface area contributed by atoms with Crippen LogP contribution in [0, 0.1) is 5.92 Å². The smallest absolute Gasteiger partial charge is 0.226 e. The molecule has 2 aromatic heterocycles. The van der Waals surface area contributed by atoms with E-state index in [1.54, 1.807) is 6.20 Å². The molecule has 0 saturated carbocycles. The van der Waals surface area contributed by atoms with E-state index in [0.29, 0.717) is 18.1 Å². The van der Waals surface area contributed by atoms with Crippen LogP contribution in [0.5, 0.6) is 0 Å². The van der Waals surface area contributed by atoms with Gasteiger partial charge in [-0.25, -0.2) is 0 Å². The predicted octanol–water partition coefficient (Wildman–Crippen LogP) is 1.22. The lowest BCUT2D eigenvalue weighted by Gasteiger charge is -2.12. The van der Waals surface area contributed by atoms with Gasteiger partial charge in [0.15, 0.2) is 5.65 Å². The van der Waals surface area contributed by atoms with Crippen LogP contribution in [0.25, 0.3) is 11.0 Å². The van der Waals surface area contributed by atoms with Crippen LogP contribution in [-0.4, -0.2) is 45.0 Å². The molecular formula is C12H20N6O. The molecule has 0 aliphatic rings. The summed E-state index contributed by atoms with van der Waals surface area (Å²) in [4.78, 5) is 8.79. The fourth-order valence-corrected chi connectivity index (χ4v) is 1.62. The SMILES string of the molecule is CCCNc1nc(NCC(C)CO)c2cn[nH]c2n1. The van der Waals surface area contributed by atoms with Crippen molar-refractivity contribution in [3.05, 3.63) is 6.20 Å². The standard InChI is InChI=1S/C12H20N6O/c1-3-4-13-12-16-10(14-5-8(2)7-19)9-6-15-18-11(9)17-12/h6,8,19H,3-5,7H2,1-2H3,(H3,13,14,15,16,17,18). The van der Waals surface area contributed by atoms with Crippen LogP contribution < -0.4 is 10.6 Å². The van der Waals surface area contributed by atoms with Crippen LogP contribution >= 0.6 is 0 Å². The van der Waals surface area contributed by atoms with Gasteiger partial charge in [0.2, 0.25) is 5.95 Å². The van der Waals surface area contributed by atoms with Crippen molar-refractivity contribution in [2.45, 2.75) is 20.3 Å². The van der Waals surface area contributed by atoms with Crippen LogP contribution in [0.4, 0.5) is 11.8 Å². The number of anilines is 2. The Balaban J connectivity index is 2.21. The second kappa shape index (κ2) is 6.33. The van der Waals surface area contributed by atoms with Crippen LogP contribution in [0.1, 0.15) is 20.3 Å². The second-order valence-corrected chi connectivity index (χ2v) is 4.62. The summed E-state index contributed by atoms with van der Waals surface area (Å²) in [6.07, 6.45) is 2.71. The fraction of sp³-hybridized carbons (Fsp3) is 0.583. The third kappa shape index (κ3) is 3.31. The molecule has 0 aromatic carbocycles. The molecule has 4 N–H and O–H groups in total. The van der Waals surface area contributed by atoms with Gasteiger partial charge in [-0.15, -0.1) is 0 Å². The summed E-state index contributed by atoms with van der Waals surface area (Å²) in [5.41, 5.74) is 0.702. The first kappa shape index (κ1) is 13.5. The molecule has 19 heavy (non-hydrogen) atoms. The lowest BCUT2D eigenvalue weighted by atomic mass is 10.2. The number of hydrogen-bond donors (Lipinski definition) is 4. The topological polar surface area (TPSA) is 98.8 Å². The third-order valence-corrected chi connectivity index (χ3v) is 2.77. The van der Waals surface area contributed by atoms with E-state index < -0.39 is 0 Å². The zero-order valence-electron chi connectivity index (χ0n) is 11.3. The predicted molar refractivity (Wildman–Crippen MR) is 75.2 cm³/mol. The first-order valence-electron chi connectivity index (χ1n) is 6.54. The molecule has 1 unspecified atom stereocenters. The maximum atomic E-state index is 9.05. The van der Waals surface area contributed by atoms with Gasteiger partial charge in [0.1, 0.15) is 5.82 Å². The molecule has 0 bridgehead atoms. The Labute approximate surface area is 111 Å². The zero-order valence-corrected chi connectivity index (χ0v) is 11.3. The summed E-state index contributed by atoms with van der Waals surface area (Å²) in [6.45, 7) is 5.68. The van der Waals surface area contributed by atoms with E-state index in [1.807, 2.05) is 6.92 Å². The minimum Gasteiger partial charge on any atom is -0.396 e. The normalized spacial score (nSPS) is 12.6. The Morgan fingerprint density at radius 2 is 2.21 bits per heavy atom. The van der Waals surface area contributed by atoms with Crippen LogP contribution in [0.2, 0.25) is 0 Å². The Morgan fingerprint density at radius 1 is 1.37 bits per heavy atom. The summed E-state index contributed by atoms with van der Waals surface area (Å²) >= 11 is 0. The van der Waals surface area contributed by atoms with Crippen molar-refractivity contribution < 1.29 is 5.11 Å². The number of hydrogen-bond acceptors (Lipinski definition) is 6. The van der Waals surface area contributed by atoms with Crippen molar-refractivity contribution in [3.8, 4) is 0 Å². The van der Waals surface area contributed by atoms with E-state index in [0.717, 1.165) is 24.2 Å². The Hall–Kier alpha value is -1.89. The maximum absolute atomic E-state index is 9.05. The zero-order chi connectivity index (χ0) is 13.7. The van der Waals surface area contributed by atoms with Crippen molar-refractivity contribution in [1.82, 2.24) is 20.2 Å². The van der Waals surface area contributed by atoms with Crippen molar-refractivity contribution in [1.29, 1.82) is 0 Å². The molecule has 0 saturated heterocycles. The largest absolute Gasteiger partial charge is 0.396 e. The van der Waals surface area contributed by atoms with Crippen LogP contribution in [0.15, 0.2) is 6.20 Å². The van der Waals surface area contributed by atoms with E-state index in [9.17, 15) is 0 Å². The highest BCUT2D eigenvalue weighted by molar-refractivity contribution is 5.86. The highest BCUT2D eigenvalue weighted by Gasteiger charge is 2.10. The Kier molecular flexibility index (Phi) is 4.51. The van der Waals surface area contributed by atoms with Crippen LogP contribution in [-0.2, 0) is 0 Å². The van der Waals surface area contributed by atoms with Crippen LogP contribution in [0.3, 0.4) is 0 Å². The molecule has 104 valence electrons. The number of nitrogens with one attached hydrogen (secondary N) is 3. The molecule has 2 aromatic rings. The molecular weight excluding hydrogens is 244 g/mol. The summed E-state index contributed by atoms with van der Waals surface area (Å²) in [5.74, 6) is 1.49.